The van der Waals surface area contributed by atoms with E-state index in [1.807, 2.05) is 13.0 Å². The van der Waals surface area contributed by atoms with Crippen LogP contribution in [0.4, 0.5) is 5.82 Å². The summed E-state index contributed by atoms with van der Waals surface area (Å²) in [6, 6.07) is 2.51. The molecule has 1 heterocycles. The van der Waals surface area contributed by atoms with Crippen molar-refractivity contribution in [3.05, 3.63) is 17.6 Å². The summed E-state index contributed by atoms with van der Waals surface area (Å²) < 4.78 is 0. The highest BCUT2D eigenvalue weighted by atomic mass is 15.1. The van der Waals surface area contributed by atoms with Gasteiger partial charge in [-0.05, 0) is 39.0 Å². The van der Waals surface area contributed by atoms with Crippen molar-refractivity contribution in [2.75, 3.05) is 5.32 Å². The first-order chi connectivity index (χ1) is 8.04. The van der Waals surface area contributed by atoms with Gasteiger partial charge in [0.25, 0.3) is 0 Å². The van der Waals surface area contributed by atoms with Crippen LogP contribution in [0.3, 0.4) is 0 Å². The van der Waals surface area contributed by atoms with Gasteiger partial charge in [-0.1, -0.05) is 13.8 Å². The van der Waals surface area contributed by atoms with Gasteiger partial charge < -0.3 is 5.32 Å². The largest absolute Gasteiger partial charge is 0.367 e. The van der Waals surface area contributed by atoms with E-state index < -0.39 is 0 Å². The molecule has 1 fully saturated rings. The Kier molecular flexibility index (Phi) is 3.65. The van der Waals surface area contributed by atoms with E-state index in [-0.39, 0.29) is 0 Å². The monoisotopic (exact) mass is 233 g/mol. The summed E-state index contributed by atoms with van der Waals surface area (Å²) in [6.45, 7) is 8.76. The molecule has 0 radical (unpaired) electrons. The molecule has 1 aromatic rings. The van der Waals surface area contributed by atoms with Crippen molar-refractivity contribution < 1.29 is 0 Å². The van der Waals surface area contributed by atoms with Crippen LogP contribution in [0.5, 0.6) is 0 Å². The van der Waals surface area contributed by atoms with Crippen molar-refractivity contribution >= 4 is 5.82 Å². The van der Waals surface area contributed by atoms with Crippen LogP contribution in [0, 0.1) is 12.8 Å². The van der Waals surface area contributed by atoms with E-state index in [4.69, 9.17) is 0 Å². The number of nitrogens with one attached hydrogen (secondary N) is 1. The van der Waals surface area contributed by atoms with Crippen LogP contribution in [0.15, 0.2) is 6.07 Å². The Labute approximate surface area is 104 Å². The van der Waals surface area contributed by atoms with Crippen LogP contribution in [0.1, 0.15) is 57.5 Å². The SMILES string of the molecule is Cc1cc(NC(C)CC(C)C)nc(C2CC2)n1. The number of hydrogen-bond donors (Lipinski definition) is 1. The van der Waals surface area contributed by atoms with E-state index in [1.165, 1.54) is 19.3 Å². The molecule has 17 heavy (non-hydrogen) atoms. The van der Waals surface area contributed by atoms with E-state index in [9.17, 15) is 0 Å². The summed E-state index contributed by atoms with van der Waals surface area (Å²) in [6.07, 6.45) is 3.68. The van der Waals surface area contributed by atoms with Crippen molar-refractivity contribution in [1.29, 1.82) is 0 Å². The quantitative estimate of drug-likeness (QED) is 0.845. The van der Waals surface area contributed by atoms with Crippen molar-refractivity contribution in [2.45, 2.75) is 58.9 Å². The fraction of sp³-hybridized carbons (Fsp3) is 0.714. The summed E-state index contributed by atoms with van der Waals surface area (Å²) in [4.78, 5) is 9.13. The van der Waals surface area contributed by atoms with E-state index in [0.717, 1.165) is 17.3 Å². The van der Waals surface area contributed by atoms with Crippen LogP contribution in [-0.4, -0.2) is 16.0 Å². The fourth-order valence-corrected chi connectivity index (χ4v) is 2.21. The third-order valence-corrected chi connectivity index (χ3v) is 3.03. The number of rotatable bonds is 5. The predicted molar refractivity (Wildman–Crippen MR) is 71.3 cm³/mol. The van der Waals surface area contributed by atoms with E-state index in [2.05, 4.69) is 36.1 Å². The molecule has 0 aliphatic heterocycles. The van der Waals surface area contributed by atoms with Crippen molar-refractivity contribution in [1.82, 2.24) is 9.97 Å². The molecule has 1 atom stereocenters. The Hall–Kier alpha value is -1.12. The van der Waals surface area contributed by atoms with Gasteiger partial charge >= 0.3 is 0 Å². The third kappa shape index (κ3) is 3.69. The highest BCUT2D eigenvalue weighted by Crippen LogP contribution is 2.38. The predicted octanol–water partition coefficient (Wildman–Crippen LogP) is 3.51. The van der Waals surface area contributed by atoms with Crippen molar-refractivity contribution in [2.24, 2.45) is 5.92 Å². The molecule has 1 N–H and O–H groups in total. The molecular weight excluding hydrogens is 210 g/mol. The fourth-order valence-electron chi connectivity index (χ4n) is 2.21. The lowest BCUT2D eigenvalue weighted by atomic mass is 10.1. The molecule has 0 aromatic carbocycles. The van der Waals surface area contributed by atoms with Crippen molar-refractivity contribution in [3.8, 4) is 0 Å². The first kappa shape index (κ1) is 12.3. The first-order valence-electron chi connectivity index (χ1n) is 6.66. The van der Waals surface area contributed by atoms with E-state index in [1.54, 1.807) is 0 Å². The highest BCUT2D eigenvalue weighted by molar-refractivity contribution is 5.37. The third-order valence-electron chi connectivity index (χ3n) is 3.03. The summed E-state index contributed by atoms with van der Waals surface area (Å²) in [5, 5.41) is 3.49. The topological polar surface area (TPSA) is 37.8 Å². The normalized spacial score (nSPS) is 17.2. The molecule has 0 amide bonds. The average Bonchev–Trinajstić information content (AvgIpc) is 2.97. The number of anilines is 1. The second-order valence-corrected chi connectivity index (χ2v) is 5.70. The Balaban J connectivity index is 2.04. The second-order valence-electron chi connectivity index (χ2n) is 5.70. The van der Waals surface area contributed by atoms with Crippen LogP contribution < -0.4 is 5.32 Å². The van der Waals surface area contributed by atoms with Gasteiger partial charge in [0.05, 0.1) is 0 Å². The average molecular weight is 233 g/mol. The zero-order valence-corrected chi connectivity index (χ0v) is 11.3. The summed E-state index contributed by atoms with van der Waals surface area (Å²) in [7, 11) is 0. The minimum Gasteiger partial charge on any atom is -0.367 e. The molecular formula is C14H23N3. The molecule has 2 rings (SSSR count). The van der Waals surface area contributed by atoms with Crippen LogP contribution >= 0.6 is 0 Å². The zero-order chi connectivity index (χ0) is 12.4. The highest BCUT2D eigenvalue weighted by Gasteiger charge is 2.27. The number of aromatic nitrogens is 2. The van der Waals surface area contributed by atoms with Crippen molar-refractivity contribution in [3.63, 3.8) is 0 Å². The first-order valence-corrected chi connectivity index (χ1v) is 6.66. The van der Waals surface area contributed by atoms with Crippen LogP contribution in [0.2, 0.25) is 0 Å². The molecule has 3 nitrogen and oxygen atoms in total. The molecule has 1 unspecified atom stereocenters. The maximum absolute atomic E-state index is 4.62. The summed E-state index contributed by atoms with van der Waals surface area (Å²) in [5.74, 6) is 3.36. The molecule has 0 bridgehead atoms. The standard InChI is InChI=1S/C14H23N3/c1-9(2)7-10(3)15-13-8-11(4)16-14(17-13)12-5-6-12/h8-10,12H,5-7H2,1-4H3,(H,15,16,17). The van der Waals surface area contributed by atoms with Gasteiger partial charge in [-0.3, -0.25) is 0 Å². The Morgan fingerprint density at radius 1 is 1.29 bits per heavy atom. The molecule has 3 heteroatoms. The van der Waals surface area contributed by atoms with Gasteiger partial charge in [-0.25, -0.2) is 9.97 Å². The molecule has 1 aromatic heterocycles. The second kappa shape index (κ2) is 5.03. The molecule has 1 aliphatic rings. The van der Waals surface area contributed by atoms with Gasteiger partial charge in [0, 0.05) is 23.7 Å². The maximum atomic E-state index is 4.62. The Morgan fingerprint density at radius 2 is 2.00 bits per heavy atom. The Bertz CT molecular complexity index is 383. The maximum Gasteiger partial charge on any atom is 0.134 e. The van der Waals surface area contributed by atoms with Gasteiger partial charge in [0.2, 0.25) is 0 Å². The van der Waals surface area contributed by atoms with Crippen LogP contribution in [-0.2, 0) is 0 Å². The van der Waals surface area contributed by atoms with E-state index in [0.29, 0.717) is 17.9 Å². The number of nitrogens with zero attached hydrogens (tertiary/aromatic N) is 2. The van der Waals surface area contributed by atoms with Gasteiger partial charge in [0.1, 0.15) is 11.6 Å². The lowest BCUT2D eigenvalue weighted by molar-refractivity contribution is 0.538. The smallest absolute Gasteiger partial charge is 0.134 e. The van der Waals surface area contributed by atoms with E-state index >= 15 is 0 Å². The molecule has 0 saturated heterocycles. The minimum absolute atomic E-state index is 0.469. The lowest BCUT2D eigenvalue weighted by Gasteiger charge is -2.17. The molecule has 94 valence electrons. The van der Waals surface area contributed by atoms with Crippen LogP contribution in [0.25, 0.3) is 0 Å². The Morgan fingerprint density at radius 3 is 2.59 bits per heavy atom. The summed E-state index contributed by atoms with van der Waals surface area (Å²) in [5.41, 5.74) is 1.07. The van der Waals surface area contributed by atoms with Gasteiger partial charge in [0.15, 0.2) is 0 Å². The lowest BCUT2D eigenvalue weighted by Crippen LogP contribution is -2.18. The minimum atomic E-state index is 0.469. The molecule has 0 spiro atoms. The molecule has 1 saturated carbocycles. The number of hydrogen-bond acceptors (Lipinski definition) is 3. The van der Waals surface area contributed by atoms with Gasteiger partial charge in [-0.15, -0.1) is 0 Å². The molecule has 1 aliphatic carbocycles. The zero-order valence-electron chi connectivity index (χ0n) is 11.3. The number of aryl methyl sites for hydroxylation is 1. The summed E-state index contributed by atoms with van der Waals surface area (Å²) >= 11 is 0. The van der Waals surface area contributed by atoms with Gasteiger partial charge in [-0.2, -0.15) is 0 Å².